The highest BCUT2D eigenvalue weighted by Gasteiger charge is 2.29. The number of hydrogen-bond acceptors (Lipinski definition) is 2. The van der Waals surface area contributed by atoms with Crippen LogP contribution < -0.4 is 0 Å². The van der Waals surface area contributed by atoms with Crippen LogP contribution >= 0.6 is 27.7 Å². The average molecular weight is 292 g/mol. The smallest absolute Gasteiger partial charge is 0.235 e. The molecule has 0 aliphatic carbocycles. The Balaban J connectivity index is 1.88. The minimum absolute atomic E-state index is 0.261. The van der Waals surface area contributed by atoms with Crippen molar-refractivity contribution >= 4 is 33.6 Å². The number of carbonyl (C=O) groups is 1. The van der Waals surface area contributed by atoms with Gasteiger partial charge in [0.05, 0.1) is 5.25 Å². The predicted octanol–water partition coefficient (Wildman–Crippen LogP) is 2.66. The molecule has 2 atom stereocenters. The van der Waals surface area contributed by atoms with Crippen LogP contribution in [0.3, 0.4) is 0 Å². The number of rotatable bonds is 1. The molecule has 2 fully saturated rings. The van der Waals surface area contributed by atoms with Crippen LogP contribution in [0.4, 0.5) is 0 Å². The molecule has 0 bridgehead atoms. The van der Waals surface area contributed by atoms with Crippen LogP contribution in [0.2, 0.25) is 0 Å². The highest BCUT2D eigenvalue weighted by atomic mass is 79.9. The minimum atomic E-state index is 0.261. The lowest BCUT2D eigenvalue weighted by Crippen LogP contribution is -2.44. The third kappa shape index (κ3) is 3.13. The van der Waals surface area contributed by atoms with Crippen LogP contribution in [-0.4, -0.2) is 39.7 Å². The zero-order chi connectivity index (χ0) is 10.7. The van der Waals surface area contributed by atoms with Crippen molar-refractivity contribution in [2.24, 2.45) is 0 Å². The van der Waals surface area contributed by atoms with Gasteiger partial charge in [0.25, 0.3) is 0 Å². The predicted molar refractivity (Wildman–Crippen MR) is 68.6 cm³/mol. The number of amides is 1. The maximum absolute atomic E-state index is 12.2. The molecule has 2 saturated heterocycles. The summed E-state index contributed by atoms with van der Waals surface area (Å²) in [4.78, 5) is 14.8. The van der Waals surface area contributed by atoms with Crippen LogP contribution in [0.25, 0.3) is 0 Å². The van der Waals surface area contributed by atoms with Crippen molar-refractivity contribution in [3.05, 3.63) is 0 Å². The van der Waals surface area contributed by atoms with E-state index < -0.39 is 0 Å². The number of likely N-dealkylation sites (tertiary alicyclic amines) is 1. The van der Waals surface area contributed by atoms with Crippen molar-refractivity contribution in [1.82, 2.24) is 4.90 Å². The van der Waals surface area contributed by atoms with Gasteiger partial charge in [-0.1, -0.05) is 22.4 Å². The van der Waals surface area contributed by atoms with Gasteiger partial charge in [-0.15, -0.1) is 11.8 Å². The van der Waals surface area contributed by atoms with Crippen LogP contribution in [0.1, 0.15) is 32.1 Å². The van der Waals surface area contributed by atoms with Gasteiger partial charge < -0.3 is 4.90 Å². The Kier molecular flexibility index (Phi) is 4.38. The minimum Gasteiger partial charge on any atom is -0.341 e. The zero-order valence-corrected chi connectivity index (χ0v) is 11.4. The van der Waals surface area contributed by atoms with Crippen LogP contribution in [-0.2, 0) is 4.79 Å². The molecule has 2 rings (SSSR count). The normalized spacial score (nSPS) is 32.7. The van der Waals surface area contributed by atoms with Crippen molar-refractivity contribution in [1.29, 1.82) is 0 Å². The first-order valence-electron chi connectivity index (χ1n) is 5.82. The monoisotopic (exact) mass is 291 g/mol. The van der Waals surface area contributed by atoms with E-state index in [0.717, 1.165) is 25.9 Å². The van der Waals surface area contributed by atoms with E-state index in [2.05, 4.69) is 20.8 Å². The molecule has 2 aliphatic rings. The fraction of sp³-hybridized carbons (Fsp3) is 0.909. The first-order valence-corrected chi connectivity index (χ1v) is 7.78. The van der Waals surface area contributed by atoms with E-state index in [1.165, 1.54) is 25.0 Å². The van der Waals surface area contributed by atoms with E-state index >= 15 is 0 Å². The maximum atomic E-state index is 12.2. The van der Waals surface area contributed by atoms with Gasteiger partial charge in [0.1, 0.15) is 0 Å². The first-order chi connectivity index (χ1) is 7.27. The van der Waals surface area contributed by atoms with E-state index in [0.29, 0.717) is 10.7 Å². The van der Waals surface area contributed by atoms with E-state index in [-0.39, 0.29) is 5.25 Å². The number of halogens is 1. The molecule has 2 unspecified atom stereocenters. The first kappa shape index (κ1) is 11.8. The second-order valence-corrected chi connectivity index (χ2v) is 6.98. The van der Waals surface area contributed by atoms with E-state index in [9.17, 15) is 4.79 Å². The molecule has 0 spiro atoms. The highest BCUT2D eigenvalue weighted by molar-refractivity contribution is 9.09. The fourth-order valence-electron chi connectivity index (χ4n) is 2.26. The standard InChI is InChI=1S/C11H18BrNOS/c12-9-4-3-6-13(8-9)11(14)10-5-1-2-7-15-10/h9-10H,1-8H2. The molecule has 2 nitrogen and oxygen atoms in total. The molecule has 2 aliphatic heterocycles. The van der Waals surface area contributed by atoms with Crippen molar-refractivity contribution < 1.29 is 4.79 Å². The number of alkyl halides is 1. The van der Waals surface area contributed by atoms with Gasteiger partial charge in [-0.2, -0.15) is 0 Å². The largest absolute Gasteiger partial charge is 0.341 e. The molecule has 0 N–H and O–H groups in total. The summed E-state index contributed by atoms with van der Waals surface area (Å²) < 4.78 is 0. The molecule has 0 aromatic carbocycles. The molecule has 1 amide bonds. The molecular weight excluding hydrogens is 274 g/mol. The molecule has 0 aromatic rings. The highest BCUT2D eigenvalue weighted by Crippen LogP contribution is 2.28. The van der Waals surface area contributed by atoms with Crippen LogP contribution in [0, 0.1) is 0 Å². The van der Waals surface area contributed by atoms with Gasteiger partial charge in [0, 0.05) is 17.9 Å². The summed E-state index contributed by atoms with van der Waals surface area (Å²) in [5.41, 5.74) is 0. The number of piperidine rings is 1. The van der Waals surface area contributed by atoms with Crippen LogP contribution in [0.15, 0.2) is 0 Å². The van der Waals surface area contributed by atoms with Crippen molar-refractivity contribution in [3.8, 4) is 0 Å². The Bertz CT molecular complexity index is 231. The lowest BCUT2D eigenvalue weighted by Gasteiger charge is -2.33. The van der Waals surface area contributed by atoms with Crippen LogP contribution in [0.5, 0.6) is 0 Å². The second-order valence-electron chi connectivity index (χ2n) is 4.38. The van der Waals surface area contributed by atoms with E-state index in [1.54, 1.807) is 0 Å². The Morgan fingerprint density at radius 2 is 2.13 bits per heavy atom. The number of carbonyl (C=O) groups excluding carboxylic acids is 1. The third-order valence-electron chi connectivity index (χ3n) is 3.13. The summed E-state index contributed by atoms with van der Waals surface area (Å²) in [6.45, 7) is 1.88. The summed E-state index contributed by atoms with van der Waals surface area (Å²) in [5, 5.41) is 0.261. The van der Waals surface area contributed by atoms with Gasteiger partial charge in [-0.05, 0) is 31.4 Å². The fourth-order valence-corrected chi connectivity index (χ4v) is 4.22. The summed E-state index contributed by atoms with van der Waals surface area (Å²) in [7, 11) is 0. The molecule has 0 aromatic heterocycles. The zero-order valence-electron chi connectivity index (χ0n) is 8.95. The van der Waals surface area contributed by atoms with Gasteiger partial charge in [-0.3, -0.25) is 4.79 Å². The molecule has 0 saturated carbocycles. The molecular formula is C11H18BrNOS. The van der Waals surface area contributed by atoms with Gasteiger partial charge in [0.15, 0.2) is 0 Å². The topological polar surface area (TPSA) is 20.3 Å². The number of nitrogens with zero attached hydrogens (tertiary/aromatic N) is 1. The lowest BCUT2D eigenvalue weighted by atomic mass is 10.1. The average Bonchev–Trinajstić information content (AvgIpc) is 2.29. The Morgan fingerprint density at radius 3 is 2.80 bits per heavy atom. The maximum Gasteiger partial charge on any atom is 0.235 e. The van der Waals surface area contributed by atoms with E-state index in [1.807, 2.05) is 11.8 Å². The third-order valence-corrected chi connectivity index (χ3v) is 5.24. The lowest BCUT2D eigenvalue weighted by molar-refractivity contribution is -0.131. The Labute approximate surface area is 104 Å². The summed E-state index contributed by atoms with van der Waals surface area (Å²) in [6, 6.07) is 0. The van der Waals surface area contributed by atoms with Gasteiger partial charge >= 0.3 is 0 Å². The SMILES string of the molecule is O=C(C1CCCCS1)N1CCCC(Br)C1. The number of thioether (sulfide) groups is 1. The van der Waals surface area contributed by atoms with E-state index in [4.69, 9.17) is 0 Å². The molecule has 86 valence electrons. The molecule has 4 heteroatoms. The number of hydrogen-bond donors (Lipinski definition) is 0. The van der Waals surface area contributed by atoms with Crippen molar-refractivity contribution in [2.45, 2.75) is 42.2 Å². The van der Waals surface area contributed by atoms with Crippen molar-refractivity contribution in [2.75, 3.05) is 18.8 Å². The molecule has 0 radical (unpaired) electrons. The van der Waals surface area contributed by atoms with Gasteiger partial charge in [-0.25, -0.2) is 0 Å². The molecule has 15 heavy (non-hydrogen) atoms. The second kappa shape index (κ2) is 5.58. The Morgan fingerprint density at radius 1 is 1.27 bits per heavy atom. The summed E-state index contributed by atoms with van der Waals surface area (Å²) >= 11 is 5.48. The molecule has 2 heterocycles. The van der Waals surface area contributed by atoms with Crippen molar-refractivity contribution in [3.63, 3.8) is 0 Å². The van der Waals surface area contributed by atoms with Gasteiger partial charge in [0.2, 0.25) is 5.91 Å². The Hall–Kier alpha value is 0.300. The quantitative estimate of drug-likeness (QED) is 0.693. The summed E-state index contributed by atoms with van der Waals surface area (Å²) in [6.07, 6.45) is 5.97. The summed E-state index contributed by atoms with van der Waals surface area (Å²) in [5.74, 6) is 1.56.